The second-order valence-electron chi connectivity index (χ2n) is 9.43. The van der Waals surface area contributed by atoms with Crippen LogP contribution in [0.4, 0.5) is 20.2 Å². The Kier molecular flexibility index (Phi) is 7.25. The fourth-order valence-corrected chi connectivity index (χ4v) is 5.24. The van der Waals surface area contributed by atoms with E-state index in [-0.39, 0.29) is 21.9 Å². The number of amides is 1. The quantitative estimate of drug-likeness (QED) is 0.275. The zero-order chi connectivity index (χ0) is 27.7. The Balaban J connectivity index is 1.58. The van der Waals surface area contributed by atoms with Gasteiger partial charge >= 0.3 is 5.97 Å². The standard InChI is InChI=1S/C30H25ClF2N2O4/c1-17-8-9-21(16-23(17)33)35-28(36)26-24-10-11-30(39-24,27(26)29(37)38-2)25(12-18-6-4-3-5-7-18)34-22-14-19(31)13-20(32)15-22/h3-11,13-16,24-25,34H,12H2,1-2H3,(H,35,36). The molecule has 2 aliphatic rings. The molecular weight excluding hydrogens is 526 g/mol. The van der Waals surface area contributed by atoms with Gasteiger partial charge in [-0.15, -0.1) is 0 Å². The summed E-state index contributed by atoms with van der Waals surface area (Å²) >= 11 is 6.11. The second kappa shape index (κ2) is 10.6. The molecule has 9 heteroatoms. The third kappa shape index (κ3) is 5.17. The molecule has 3 aromatic rings. The van der Waals surface area contributed by atoms with E-state index in [1.54, 1.807) is 37.3 Å². The fraction of sp³-hybridized carbons (Fsp3) is 0.200. The second-order valence-corrected chi connectivity index (χ2v) is 9.87. The average Bonchev–Trinajstić information content (AvgIpc) is 3.48. The molecule has 6 nitrogen and oxygen atoms in total. The van der Waals surface area contributed by atoms with Gasteiger partial charge in [-0.05, 0) is 60.9 Å². The zero-order valence-electron chi connectivity index (χ0n) is 21.1. The van der Waals surface area contributed by atoms with Crippen LogP contribution in [-0.4, -0.2) is 36.7 Å². The maximum atomic E-state index is 14.2. The topological polar surface area (TPSA) is 76.7 Å². The van der Waals surface area contributed by atoms with E-state index in [0.29, 0.717) is 17.7 Å². The summed E-state index contributed by atoms with van der Waals surface area (Å²) < 4.78 is 39.8. The summed E-state index contributed by atoms with van der Waals surface area (Å²) in [5.41, 5.74) is 0.574. The largest absolute Gasteiger partial charge is 0.466 e. The van der Waals surface area contributed by atoms with Crippen molar-refractivity contribution >= 4 is 34.9 Å². The highest BCUT2D eigenvalue weighted by Gasteiger charge is 2.58. The summed E-state index contributed by atoms with van der Waals surface area (Å²) in [5, 5.41) is 6.14. The van der Waals surface area contributed by atoms with Gasteiger partial charge in [0.2, 0.25) is 0 Å². The van der Waals surface area contributed by atoms with Gasteiger partial charge in [-0.2, -0.15) is 0 Å². The maximum Gasteiger partial charge on any atom is 0.337 e. The molecule has 0 radical (unpaired) electrons. The number of carbonyl (C=O) groups is 2. The molecule has 1 amide bonds. The number of aryl methyl sites for hydroxylation is 1. The minimum atomic E-state index is -1.43. The van der Waals surface area contributed by atoms with Gasteiger partial charge < -0.3 is 20.1 Å². The number of hydrogen-bond donors (Lipinski definition) is 2. The highest BCUT2D eigenvalue weighted by molar-refractivity contribution is 6.30. The molecule has 2 aliphatic heterocycles. The molecule has 3 unspecified atom stereocenters. The minimum absolute atomic E-state index is 0.0125. The molecule has 2 N–H and O–H groups in total. The van der Waals surface area contributed by atoms with Gasteiger partial charge in [-0.3, -0.25) is 4.79 Å². The monoisotopic (exact) mass is 550 g/mol. The summed E-state index contributed by atoms with van der Waals surface area (Å²) in [4.78, 5) is 26.8. The maximum absolute atomic E-state index is 14.2. The van der Waals surface area contributed by atoms with Crippen LogP contribution in [0, 0.1) is 18.6 Å². The molecule has 3 aromatic carbocycles. The fourth-order valence-electron chi connectivity index (χ4n) is 5.02. The van der Waals surface area contributed by atoms with Crippen molar-refractivity contribution in [2.75, 3.05) is 17.7 Å². The van der Waals surface area contributed by atoms with Gasteiger partial charge in [0, 0.05) is 16.4 Å². The Morgan fingerprint density at radius 2 is 1.85 bits per heavy atom. The van der Waals surface area contributed by atoms with E-state index in [0.717, 1.165) is 5.56 Å². The number of benzene rings is 3. The SMILES string of the molecule is COC(=O)C1=C(C(=O)Nc2ccc(C)c(F)c2)C2C=CC1(C(Cc1ccccc1)Nc1cc(F)cc(Cl)c1)O2. The van der Waals surface area contributed by atoms with Crippen molar-refractivity contribution in [1.29, 1.82) is 0 Å². The molecule has 0 aromatic heterocycles. The Bertz CT molecular complexity index is 1490. The van der Waals surface area contributed by atoms with Crippen molar-refractivity contribution in [2.24, 2.45) is 0 Å². The van der Waals surface area contributed by atoms with Gasteiger partial charge in [-0.1, -0.05) is 54.1 Å². The molecular formula is C30H25ClF2N2O4. The van der Waals surface area contributed by atoms with Gasteiger partial charge in [-0.25, -0.2) is 13.6 Å². The summed E-state index contributed by atoms with van der Waals surface area (Å²) in [7, 11) is 1.22. The van der Waals surface area contributed by atoms with Crippen LogP contribution in [0.25, 0.3) is 0 Å². The van der Waals surface area contributed by atoms with E-state index in [4.69, 9.17) is 21.1 Å². The van der Waals surface area contributed by atoms with E-state index < -0.39 is 41.3 Å². The lowest BCUT2D eigenvalue weighted by Gasteiger charge is -2.36. The number of fused-ring (bicyclic) bond motifs is 2. The highest BCUT2D eigenvalue weighted by atomic mass is 35.5. The predicted octanol–water partition coefficient (Wildman–Crippen LogP) is 5.77. The Morgan fingerprint density at radius 1 is 1.08 bits per heavy atom. The Hall–Kier alpha value is -4.01. The number of hydrogen-bond acceptors (Lipinski definition) is 5. The van der Waals surface area contributed by atoms with Gasteiger partial charge in [0.05, 0.1) is 24.3 Å². The van der Waals surface area contributed by atoms with E-state index in [9.17, 15) is 18.4 Å². The number of ether oxygens (including phenoxy) is 2. The number of esters is 1. The van der Waals surface area contributed by atoms with Crippen LogP contribution in [0.3, 0.4) is 0 Å². The lowest BCUT2D eigenvalue weighted by atomic mass is 9.78. The van der Waals surface area contributed by atoms with Gasteiger partial charge in [0.15, 0.2) is 0 Å². The summed E-state index contributed by atoms with van der Waals surface area (Å²) in [6.45, 7) is 1.61. The van der Waals surface area contributed by atoms with Crippen molar-refractivity contribution in [3.8, 4) is 0 Å². The number of halogens is 3. The molecule has 0 saturated heterocycles. The molecule has 5 rings (SSSR count). The van der Waals surface area contributed by atoms with Crippen molar-refractivity contribution in [3.63, 3.8) is 0 Å². The molecule has 39 heavy (non-hydrogen) atoms. The lowest BCUT2D eigenvalue weighted by molar-refractivity contribution is -0.138. The number of anilines is 2. The Labute approximate surface area is 229 Å². The number of rotatable bonds is 8. The summed E-state index contributed by atoms with van der Waals surface area (Å²) in [5.74, 6) is -2.39. The van der Waals surface area contributed by atoms with E-state index in [1.165, 1.54) is 25.3 Å². The van der Waals surface area contributed by atoms with E-state index >= 15 is 0 Å². The normalized spacial score (nSPS) is 20.2. The van der Waals surface area contributed by atoms with Crippen LogP contribution in [0.5, 0.6) is 0 Å². The van der Waals surface area contributed by atoms with Crippen LogP contribution in [-0.2, 0) is 25.5 Å². The molecule has 0 aliphatic carbocycles. The first-order valence-corrected chi connectivity index (χ1v) is 12.6. The van der Waals surface area contributed by atoms with Crippen molar-refractivity contribution in [2.45, 2.75) is 31.1 Å². The molecule has 0 saturated carbocycles. The van der Waals surface area contributed by atoms with Crippen LogP contribution < -0.4 is 10.6 Å². The molecule has 200 valence electrons. The first kappa shape index (κ1) is 26.6. The van der Waals surface area contributed by atoms with Crippen molar-refractivity contribution in [1.82, 2.24) is 0 Å². The van der Waals surface area contributed by atoms with E-state index in [1.807, 2.05) is 30.3 Å². The minimum Gasteiger partial charge on any atom is -0.466 e. The smallest absolute Gasteiger partial charge is 0.337 e. The third-order valence-corrected chi connectivity index (χ3v) is 7.07. The molecule has 2 bridgehead atoms. The number of carbonyl (C=O) groups excluding carboxylic acids is 2. The molecule has 3 atom stereocenters. The average molecular weight is 551 g/mol. The molecule has 0 fully saturated rings. The van der Waals surface area contributed by atoms with Gasteiger partial charge in [0.25, 0.3) is 5.91 Å². The van der Waals surface area contributed by atoms with Crippen molar-refractivity contribution < 1.29 is 27.8 Å². The van der Waals surface area contributed by atoms with Crippen molar-refractivity contribution in [3.05, 3.63) is 118 Å². The van der Waals surface area contributed by atoms with E-state index in [2.05, 4.69) is 10.6 Å². The van der Waals surface area contributed by atoms with Gasteiger partial charge in [0.1, 0.15) is 23.3 Å². The third-order valence-electron chi connectivity index (χ3n) is 6.85. The number of nitrogens with one attached hydrogen (secondary N) is 2. The highest BCUT2D eigenvalue weighted by Crippen LogP contribution is 2.47. The van der Waals surface area contributed by atoms with Crippen LogP contribution >= 0.6 is 11.6 Å². The first-order valence-electron chi connectivity index (χ1n) is 12.2. The lowest BCUT2D eigenvalue weighted by Crippen LogP contribution is -2.49. The van der Waals surface area contributed by atoms with Crippen LogP contribution in [0.1, 0.15) is 11.1 Å². The van der Waals surface area contributed by atoms with Crippen LogP contribution in [0.2, 0.25) is 5.02 Å². The first-order chi connectivity index (χ1) is 18.7. The summed E-state index contributed by atoms with van der Waals surface area (Å²) in [6.07, 6.45) is 2.89. The summed E-state index contributed by atoms with van der Waals surface area (Å²) in [6, 6.07) is 17.1. The molecule has 0 spiro atoms. The van der Waals surface area contributed by atoms with Crippen LogP contribution in [0.15, 0.2) is 90.0 Å². The number of methoxy groups -OCH3 is 1. The predicted molar refractivity (Wildman–Crippen MR) is 145 cm³/mol. The Morgan fingerprint density at radius 3 is 2.54 bits per heavy atom. The molecule has 2 heterocycles. The zero-order valence-corrected chi connectivity index (χ0v) is 21.9.